The normalized spacial score (nSPS) is 17.0. The van der Waals surface area contributed by atoms with Crippen molar-refractivity contribution in [2.75, 3.05) is 44.6 Å². The fourth-order valence-corrected chi connectivity index (χ4v) is 4.97. The van der Waals surface area contributed by atoms with Crippen molar-refractivity contribution in [3.8, 4) is 0 Å². The van der Waals surface area contributed by atoms with E-state index in [0.29, 0.717) is 23.8 Å². The number of hydrogen-bond donors (Lipinski definition) is 3. The Kier molecular flexibility index (Phi) is 16.9. The Morgan fingerprint density at radius 1 is 1.18 bits per heavy atom. The van der Waals surface area contributed by atoms with Crippen molar-refractivity contribution in [2.45, 2.75) is 70.4 Å². The van der Waals surface area contributed by atoms with Crippen LogP contribution in [0.4, 0.5) is 5.69 Å². The van der Waals surface area contributed by atoms with Gasteiger partial charge in [-0.05, 0) is 63.1 Å². The molecule has 40 heavy (non-hydrogen) atoms. The fourth-order valence-electron chi connectivity index (χ4n) is 3.81. The highest BCUT2D eigenvalue weighted by Gasteiger charge is 2.25. The largest absolute Gasteiger partial charge is 0.467 e. The molecule has 1 amide bonds. The first kappa shape index (κ1) is 35.8. The van der Waals surface area contributed by atoms with Crippen LogP contribution >= 0.6 is 23.5 Å². The van der Waals surface area contributed by atoms with Crippen LogP contribution < -0.4 is 16.0 Å². The van der Waals surface area contributed by atoms with E-state index in [-0.39, 0.29) is 17.6 Å². The summed E-state index contributed by atoms with van der Waals surface area (Å²) in [6, 6.07) is 11.1. The summed E-state index contributed by atoms with van der Waals surface area (Å²) in [6.07, 6.45) is 3.37. The number of carbonyl (C=O) groups is 3. The summed E-state index contributed by atoms with van der Waals surface area (Å²) in [5, 5.41) is 12.0. The highest BCUT2D eigenvalue weighted by atomic mass is 32.2. The average molecular weight is 594 g/mol. The van der Waals surface area contributed by atoms with E-state index < -0.39 is 12.0 Å². The topological polar surface area (TPSA) is 106 Å². The van der Waals surface area contributed by atoms with Gasteiger partial charge in [0.15, 0.2) is 5.62 Å². The molecular formula is C30H47N3O5S2. The summed E-state index contributed by atoms with van der Waals surface area (Å²) in [6.45, 7) is 11.6. The number of fused-ring (bicyclic) bond motifs is 1. The predicted molar refractivity (Wildman–Crippen MR) is 171 cm³/mol. The van der Waals surface area contributed by atoms with Crippen LogP contribution in [-0.2, 0) is 19.1 Å². The summed E-state index contributed by atoms with van der Waals surface area (Å²) < 4.78 is 9.79. The van der Waals surface area contributed by atoms with Gasteiger partial charge in [-0.1, -0.05) is 49.9 Å². The molecule has 1 saturated heterocycles. The number of esters is 1. The van der Waals surface area contributed by atoms with Crippen molar-refractivity contribution in [3.63, 3.8) is 0 Å². The number of anilines is 1. The molecule has 3 rings (SSSR count). The van der Waals surface area contributed by atoms with E-state index in [1.807, 2.05) is 77.3 Å². The van der Waals surface area contributed by atoms with E-state index in [0.717, 1.165) is 40.8 Å². The molecule has 2 aromatic carbocycles. The molecule has 2 unspecified atom stereocenters. The number of amides is 1. The average Bonchev–Trinajstić information content (AvgIpc) is 3.41. The number of rotatable bonds is 11. The molecule has 0 spiro atoms. The zero-order valence-corrected chi connectivity index (χ0v) is 26.8. The van der Waals surface area contributed by atoms with E-state index >= 15 is 0 Å². The molecule has 0 saturated carbocycles. The molecule has 1 heterocycles. The molecule has 10 heteroatoms. The van der Waals surface area contributed by atoms with Crippen molar-refractivity contribution < 1.29 is 23.9 Å². The van der Waals surface area contributed by atoms with Gasteiger partial charge in [0.05, 0.1) is 12.7 Å². The summed E-state index contributed by atoms with van der Waals surface area (Å²) in [5.41, 5.74) is 2.29. The second-order valence-corrected chi connectivity index (χ2v) is 12.1. The number of methoxy groups -OCH3 is 2. The molecule has 1 fully saturated rings. The zero-order valence-electron chi connectivity index (χ0n) is 25.2. The maximum atomic E-state index is 13.0. The smallest absolute Gasteiger partial charge is 0.328 e. The van der Waals surface area contributed by atoms with Crippen LogP contribution in [0.3, 0.4) is 0 Å². The standard InChI is InChI=1S/C23H29N3O4S2.C5H12O.C2H6/c1-30-23(29)20(7-8-31-2)26-22(28)16-9-15-5-3-4-6-19(15)21(10-16)25-12-17-11-18(13-24-17)32-14-27;1-5(2,3)6-4;1-2/h3-6,9-10,14,17-18,20,24-25H,7-8,11-13H2,1-2H3,(H,26,28);1-4H3;1-2H3/t17-,18?,20?;;/m0../s1. The van der Waals surface area contributed by atoms with Crippen LogP contribution in [0.25, 0.3) is 10.8 Å². The summed E-state index contributed by atoms with van der Waals surface area (Å²) in [7, 11) is 3.04. The van der Waals surface area contributed by atoms with Crippen LogP contribution in [0, 0.1) is 0 Å². The molecule has 3 N–H and O–H groups in total. The Morgan fingerprint density at radius 2 is 1.85 bits per heavy atom. The van der Waals surface area contributed by atoms with E-state index in [9.17, 15) is 14.4 Å². The molecule has 224 valence electrons. The van der Waals surface area contributed by atoms with Gasteiger partial charge in [0.2, 0.25) is 0 Å². The molecule has 0 radical (unpaired) electrons. The Hall–Kier alpha value is -2.27. The maximum absolute atomic E-state index is 13.0. The van der Waals surface area contributed by atoms with Gasteiger partial charge in [0, 0.05) is 48.1 Å². The SMILES string of the molecule is CC.COC(=O)C(CCSC)NC(=O)c1cc(NC[C@@H]2CC(SC=O)CN2)c2ccccc2c1.COC(C)(C)C. The molecule has 2 aromatic rings. The second kappa shape index (κ2) is 19.0. The lowest BCUT2D eigenvalue weighted by atomic mass is 10.0. The zero-order chi connectivity index (χ0) is 30.1. The van der Waals surface area contributed by atoms with Gasteiger partial charge in [0.25, 0.3) is 5.91 Å². The van der Waals surface area contributed by atoms with Gasteiger partial charge in [-0.3, -0.25) is 9.59 Å². The molecule has 0 bridgehead atoms. The lowest BCUT2D eigenvalue weighted by Crippen LogP contribution is -2.42. The van der Waals surface area contributed by atoms with E-state index in [1.165, 1.54) is 18.9 Å². The second-order valence-electron chi connectivity index (χ2n) is 9.97. The minimum absolute atomic E-state index is 0.0417. The Morgan fingerprint density at radius 3 is 2.45 bits per heavy atom. The van der Waals surface area contributed by atoms with Crippen molar-refractivity contribution in [1.82, 2.24) is 10.6 Å². The molecular weight excluding hydrogens is 546 g/mol. The number of thioether (sulfide) groups is 2. The van der Waals surface area contributed by atoms with Crippen molar-refractivity contribution in [1.29, 1.82) is 0 Å². The Bertz CT molecular complexity index is 1060. The monoisotopic (exact) mass is 593 g/mol. The summed E-state index contributed by atoms with van der Waals surface area (Å²) in [5.74, 6) is -0.0131. The van der Waals surface area contributed by atoms with Crippen LogP contribution in [0.1, 0.15) is 57.8 Å². The third-order valence-corrected chi connectivity index (χ3v) is 7.61. The first-order chi connectivity index (χ1) is 19.1. The summed E-state index contributed by atoms with van der Waals surface area (Å²) in [4.78, 5) is 35.8. The van der Waals surface area contributed by atoms with E-state index in [2.05, 4.69) is 16.0 Å². The van der Waals surface area contributed by atoms with Crippen LogP contribution in [0.15, 0.2) is 36.4 Å². The number of carbonyl (C=O) groups excluding carboxylic acids is 3. The molecule has 0 aromatic heterocycles. The lowest BCUT2D eigenvalue weighted by molar-refractivity contribution is -0.142. The minimum Gasteiger partial charge on any atom is -0.467 e. The third kappa shape index (κ3) is 12.5. The van der Waals surface area contributed by atoms with Crippen molar-refractivity contribution in [3.05, 3.63) is 42.0 Å². The number of nitrogens with one attached hydrogen (secondary N) is 3. The summed E-state index contributed by atoms with van der Waals surface area (Å²) >= 11 is 2.94. The van der Waals surface area contributed by atoms with Crippen LogP contribution in [0.5, 0.6) is 0 Å². The number of ether oxygens (including phenoxy) is 2. The van der Waals surface area contributed by atoms with Gasteiger partial charge < -0.3 is 25.4 Å². The Labute approximate surface area is 248 Å². The quantitative estimate of drug-likeness (QED) is 0.234. The Balaban J connectivity index is 0.000000885. The van der Waals surface area contributed by atoms with Gasteiger partial charge in [-0.2, -0.15) is 11.8 Å². The maximum Gasteiger partial charge on any atom is 0.328 e. The molecule has 1 aliphatic heterocycles. The minimum atomic E-state index is -0.683. The molecule has 0 aliphatic carbocycles. The molecule has 1 aliphatic rings. The van der Waals surface area contributed by atoms with Gasteiger partial charge in [-0.15, -0.1) is 0 Å². The van der Waals surface area contributed by atoms with E-state index in [1.54, 1.807) is 18.9 Å². The highest BCUT2D eigenvalue weighted by molar-refractivity contribution is 8.12. The van der Waals surface area contributed by atoms with Gasteiger partial charge in [-0.25, -0.2) is 4.79 Å². The lowest BCUT2D eigenvalue weighted by Gasteiger charge is -2.18. The van der Waals surface area contributed by atoms with Gasteiger partial charge >= 0.3 is 5.97 Å². The van der Waals surface area contributed by atoms with Crippen molar-refractivity contribution >= 4 is 57.5 Å². The number of hydrogen-bond acceptors (Lipinski definition) is 9. The number of benzene rings is 2. The molecule has 8 nitrogen and oxygen atoms in total. The predicted octanol–water partition coefficient (Wildman–Crippen LogP) is 5.39. The van der Waals surface area contributed by atoms with Gasteiger partial charge in [0.1, 0.15) is 6.04 Å². The molecule has 3 atom stereocenters. The van der Waals surface area contributed by atoms with Crippen molar-refractivity contribution in [2.24, 2.45) is 0 Å². The van der Waals surface area contributed by atoms with Crippen LogP contribution in [0.2, 0.25) is 0 Å². The fraction of sp³-hybridized carbons (Fsp3) is 0.567. The van der Waals surface area contributed by atoms with Crippen LogP contribution in [-0.4, -0.2) is 79.7 Å². The highest BCUT2D eigenvalue weighted by Crippen LogP contribution is 2.27. The first-order valence-electron chi connectivity index (χ1n) is 13.6. The third-order valence-electron chi connectivity index (χ3n) is 6.11. The van der Waals surface area contributed by atoms with E-state index in [4.69, 9.17) is 9.47 Å². The first-order valence-corrected chi connectivity index (χ1v) is 16.0.